The number of nitrogens with zero attached hydrogens (tertiary/aromatic N) is 2. The highest BCUT2D eigenvalue weighted by Gasteiger charge is 2.04. The van der Waals surface area contributed by atoms with Gasteiger partial charge in [-0.3, -0.25) is 0 Å². The molecule has 1 N–H and O–H groups in total. The summed E-state index contributed by atoms with van der Waals surface area (Å²) in [6.07, 6.45) is 0. The van der Waals surface area contributed by atoms with E-state index in [-0.39, 0.29) is 0 Å². The molecule has 0 radical (unpaired) electrons. The van der Waals surface area contributed by atoms with Crippen LogP contribution in [-0.2, 0) is 0 Å². The SMILES string of the molecule is CCOc1ccc(/C(C)=N\Nc2nc3ccccc3o2)cc1. The van der Waals surface area contributed by atoms with Crippen LogP contribution in [0.25, 0.3) is 11.1 Å². The van der Waals surface area contributed by atoms with Gasteiger partial charge < -0.3 is 9.15 Å². The van der Waals surface area contributed by atoms with Crippen LogP contribution in [-0.4, -0.2) is 17.3 Å². The van der Waals surface area contributed by atoms with Gasteiger partial charge in [-0.1, -0.05) is 12.1 Å². The molecule has 22 heavy (non-hydrogen) atoms. The average molecular weight is 295 g/mol. The van der Waals surface area contributed by atoms with Crippen LogP contribution in [0.15, 0.2) is 58.0 Å². The lowest BCUT2D eigenvalue weighted by Crippen LogP contribution is -2.00. The van der Waals surface area contributed by atoms with Gasteiger partial charge in [-0.05, 0) is 55.8 Å². The van der Waals surface area contributed by atoms with E-state index in [1.54, 1.807) is 0 Å². The van der Waals surface area contributed by atoms with Gasteiger partial charge in [0.25, 0.3) is 0 Å². The summed E-state index contributed by atoms with van der Waals surface area (Å²) in [5, 5.41) is 4.31. The van der Waals surface area contributed by atoms with E-state index in [1.807, 2.05) is 62.4 Å². The number of oxazole rings is 1. The molecule has 5 nitrogen and oxygen atoms in total. The van der Waals surface area contributed by atoms with E-state index >= 15 is 0 Å². The maximum atomic E-state index is 5.56. The number of anilines is 1. The smallest absolute Gasteiger partial charge is 0.316 e. The number of nitrogens with one attached hydrogen (secondary N) is 1. The summed E-state index contributed by atoms with van der Waals surface area (Å²) in [6, 6.07) is 15.8. The third-order valence-electron chi connectivity index (χ3n) is 3.20. The molecule has 5 heteroatoms. The predicted octanol–water partition coefficient (Wildman–Crippen LogP) is 4.06. The van der Waals surface area contributed by atoms with Crippen molar-refractivity contribution >= 4 is 22.8 Å². The number of hydrogen-bond donors (Lipinski definition) is 1. The molecular formula is C17H17N3O2. The first-order chi connectivity index (χ1) is 10.8. The summed E-state index contributed by atoms with van der Waals surface area (Å²) >= 11 is 0. The summed E-state index contributed by atoms with van der Waals surface area (Å²) < 4.78 is 11.0. The molecule has 0 atom stereocenters. The summed E-state index contributed by atoms with van der Waals surface area (Å²) in [5.74, 6) is 0.853. The molecule has 1 aromatic heterocycles. The molecule has 0 aliphatic rings. The Morgan fingerprint density at radius 1 is 1.18 bits per heavy atom. The van der Waals surface area contributed by atoms with E-state index < -0.39 is 0 Å². The second-order valence-electron chi connectivity index (χ2n) is 4.75. The van der Waals surface area contributed by atoms with E-state index in [1.165, 1.54) is 0 Å². The van der Waals surface area contributed by atoms with Crippen LogP contribution >= 0.6 is 0 Å². The molecule has 1 heterocycles. The molecule has 0 aliphatic carbocycles. The summed E-state index contributed by atoms with van der Waals surface area (Å²) in [5.41, 5.74) is 6.24. The van der Waals surface area contributed by atoms with Crippen molar-refractivity contribution in [2.45, 2.75) is 13.8 Å². The van der Waals surface area contributed by atoms with Crippen LogP contribution in [0.1, 0.15) is 19.4 Å². The fraction of sp³-hybridized carbons (Fsp3) is 0.176. The van der Waals surface area contributed by atoms with E-state index in [9.17, 15) is 0 Å². The van der Waals surface area contributed by atoms with Crippen molar-refractivity contribution in [1.29, 1.82) is 0 Å². The molecule has 0 unspecified atom stereocenters. The highest BCUT2D eigenvalue weighted by atomic mass is 16.5. The number of rotatable bonds is 5. The molecule has 0 aliphatic heterocycles. The molecule has 3 aromatic rings. The number of para-hydroxylation sites is 2. The molecule has 2 aromatic carbocycles. The van der Waals surface area contributed by atoms with E-state index in [2.05, 4.69) is 15.5 Å². The van der Waals surface area contributed by atoms with Crippen molar-refractivity contribution in [2.24, 2.45) is 5.10 Å². The second kappa shape index (κ2) is 6.30. The molecule has 0 saturated carbocycles. The van der Waals surface area contributed by atoms with Gasteiger partial charge in [-0.25, -0.2) is 5.43 Å². The first-order valence-electron chi connectivity index (χ1n) is 7.15. The van der Waals surface area contributed by atoms with Crippen LogP contribution in [0.2, 0.25) is 0 Å². The van der Waals surface area contributed by atoms with Crippen molar-refractivity contribution in [3.05, 3.63) is 54.1 Å². The van der Waals surface area contributed by atoms with Gasteiger partial charge in [0.1, 0.15) is 11.3 Å². The van der Waals surface area contributed by atoms with Crippen LogP contribution < -0.4 is 10.2 Å². The van der Waals surface area contributed by atoms with Gasteiger partial charge in [-0.15, -0.1) is 0 Å². The maximum Gasteiger partial charge on any atom is 0.316 e. The molecule has 0 spiro atoms. The lowest BCUT2D eigenvalue weighted by atomic mass is 10.1. The predicted molar refractivity (Wildman–Crippen MR) is 87.5 cm³/mol. The summed E-state index contributed by atoms with van der Waals surface area (Å²) in [7, 11) is 0. The van der Waals surface area contributed by atoms with Gasteiger partial charge in [0, 0.05) is 0 Å². The maximum absolute atomic E-state index is 5.56. The third kappa shape index (κ3) is 3.09. The van der Waals surface area contributed by atoms with Crippen LogP contribution in [0.3, 0.4) is 0 Å². The molecule has 0 saturated heterocycles. The van der Waals surface area contributed by atoms with E-state index in [4.69, 9.17) is 9.15 Å². The van der Waals surface area contributed by atoms with Crippen molar-refractivity contribution in [3.63, 3.8) is 0 Å². The number of ether oxygens (including phenoxy) is 1. The Morgan fingerprint density at radius 2 is 1.95 bits per heavy atom. The van der Waals surface area contributed by atoms with Gasteiger partial charge >= 0.3 is 6.01 Å². The third-order valence-corrected chi connectivity index (χ3v) is 3.20. The van der Waals surface area contributed by atoms with Gasteiger partial charge in [0.2, 0.25) is 0 Å². The number of hydrogen-bond acceptors (Lipinski definition) is 5. The Balaban J connectivity index is 1.73. The van der Waals surface area contributed by atoms with Gasteiger partial charge in [-0.2, -0.15) is 10.1 Å². The zero-order valence-electron chi connectivity index (χ0n) is 12.5. The van der Waals surface area contributed by atoms with Gasteiger partial charge in [0.05, 0.1) is 12.3 Å². The average Bonchev–Trinajstić information content (AvgIpc) is 2.96. The number of hydrazone groups is 1. The number of benzene rings is 2. The minimum absolute atomic E-state index is 0.381. The zero-order valence-corrected chi connectivity index (χ0v) is 12.5. The quantitative estimate of drug-likeness (QED) is 0.569. The first kappa shape index (κ1) is 14.1. The minimum atomic E-state index is 0.381. The Morgan fingerprint density at radius 3 is 2.68 bits per heavy atom. The Kier molecular flexibility index (Phi) is 4.05. The fourth-order valence-electron chi connectivity index (χ4n) is 2.08. The molecule has 0 fully saturated rings. The normalized spacial score (nSPS) is 11.6. The zero-order chi connectivity index (χ0) is 15.4. The highest BCUT2D eigenvalue weighted by molar-refractivity contribution is 5.99. The topological polar surface area (TPSA) is 59.6 Å². The molecule has 0 amide bonds. The van der Waals surface area contributed by atoms with Gasteiger partial charge in [0.15, 0.2) is 5.58 Å². The van der Waals surface area contributed by atoms with Crippen LogP contribution in [0, 0.1) is 0 Å². The molecule has 3 rings (SSSR count). The molecule has 112 valence electrons. The van der Waals surface area contributed by atoms with Crippen molar-refractivity contribution in [1.82, 2.24) is 4.98 Å². The summed E-state index contributed by atoms with van der Waals surface area (Å²) in [6.45, 7) is 4.54. The minimum Gasteiger partial charge on any atom is -0.494 e. The largest absolute Gasteiger partial charge is 0.494 e. The Bertz CT molecular complexity index is 758. The highest BCUT2D eigenvalue weighted by Crippen LogP contribution is 2.18. The first-order valence-corrected chi connectivity index (χ1v) is 7.15. The summed E-state index contributed by atoms with van der Waals surface area (Å²) in [4.78, 5) is 4.31. The lowest BCUT2D eigenvalue weighted by Gasteiger charge is -2.04. The Hall–Kier alpha value is -2.82. The van der Waals surface area contributed by atoms with Crippen molar-refractivity contribution in [3.8, 4) is 5.75 Å². The fourth-order valence-corrected chi connectivity index (χ4v) is 2.08. The Labute approximate surface area is 128 Å². The standard InChI is InChI=1S/C17H17N3O2/c1-3-21-14-10-8-13(9-11-14)12(2)19-20-17-18-15-6-4-5-7-16(15)22-17/h4-11H,3H2,1-2H3,(H,18,20)/b19-12-. The second-order valence-corrected chi connectivity index (χ2v) is 4.75. The number of aromatic nitrogens is 1. The van der Waals surface area contributed by atoms with Crippen LogP contribution in [0.5, 0.6) is 5.75 Å². The van der Waals surface area contributed by atoms with Crippen molar-refractivity contribution < 1.29 is 9.15 Å². The monoisotopic (exact) mass is 295 g/mol. The van der Waals surface area contributed by atoms with Crippen molar-refractivity contribution in [2.75, 3.05) is 12.0 Å². The molecular weight excluding hydrogens is 278 g/mol. The lowest BCUT2D eigenvalue weighted by molar-refractivity contribution is 0.340. The number of fused-ring (bicyclic) bond motifs is 1. The van der Waals surface area contributed by atoms with Crippen LogP contribution in [0.4, 0.5) is 6.01 Å². The van der Waals surface area contributed by atoms with E-state index in [0.717, 1.165) is 28.1 Å². The van der Waals surface area contributed by atoms with E-state index in [0.29, 0.717) is 12.6 Å². The molecule has 0 bridgehead atoms.